The number of aromatic nitrogens is 5. The van der Waals surface area contributed by atoms with Crippen molar-refractivity contribution in [3.05, 3.63) is 87.0 Å². The fraction of sp³-hybridized carbons (Fsp3) is 0.407. The summed E-state index contributed by atoms with van der Waals surface area (Å²) in [6.45, 7) is 6.10. The van der Waals surface area contributed by atoms with Crippen LogP contribution in [0.4, 0.5) is 0 Å². The second-order valence-electron chi connectivity index (χ2n) is 9.52. The molecule has 0 saturated heterocycles. The number of hydrogen-bond acceptors (Lipinski definition) is 5. The molecule has 1 aliphatic carbocycles. The van der Waals surface area contributed by atoms with E-state index in [2.05, 4.69) is 75.7 Å². The molecule has 0 bridgehead atoms. The first-order chi connectivity index (χ1) is 16.6. The molecule has 0 radical (unpaired) electrons. The number of fused-ring (bicyclic) bond motifs is 1. The summed E-state index contributed by atoms with van der Waals surface area (Å²) in [6, 6.07) is 17.1. The molecule has 176 valence electrons. The van der Waals surface area contributed by atoms with Gasteiger partial charge in [0.05, 0.1) is 18.1 Å². The minimum atomic E-state index is -0.0266. The lowest BCUT2D eigenvalue weighted by Crippen LogP contribution is -2.30. The highest BCUT2D eigenvalue weighted by Gasteiger charge is 2.23. The summed E-state index contributed by atoms with van der Waals surface area (Å²) < 4.78 is 2.01. The summed E-state index contributed by atoms with van der Waals surface area (Å²) in [5.74, 6) is 0.878. The van der Waals surface area contributed by atoms with Crippen molar-refractivity contribution in [3.63, 3.8) is 0 Å². The van der Waals surface area contributed by atoms with Crippen LogP contribution in [0.15, 0.2) is 53.3 Å². The van der Waals surface area contributed by atoms with Gasteiger partial charge in [0.2, 0.25) is 0 Å². The number of nitrogens with zero attached hydrogens (tertiary/aromatic N) is 5. The summed E-state index contributed by atoms with van der Waals surface area (Å²) >= 11 is 0. The van der Waals surface area contributed by atoms with Gasteiger partial charge in [-0.15, -0.1) is 5.10 Å². The molecule has 1 N–H and O–H groups in total. The maximum Gasteiger partial charge on any atom is 0.252 e. The highest BCUT2D eigenvalue weighted by atomic mass is 16.1. The molecule has 1 fully saturated rings. The van der Waals surface area contributed by atoms with Crippen molar-refractivity contribution in [2.24, 2.45) is 0 Å². The van der Waals surface area contributed by atoms with Crippen LogP contribution in [-0.2, 0) is 19.5 Å². The maximum absolute atomic E-state index is 13.1. The molecule has 2 heterocycles. The molecule has 1 aliphatic rings. The minimum Gasteiger partial charge on any atom is -0.321 e. The van der Waals surface area contributed by atoms with Gasteiger partial charge >= 0.3 is 0 Å². The second-order valence-corrected chi connectivity index (χ2v) is 9.52. The van der Waals surface area contributed by atoms with Gasteiger partial charge in [-0.3, -0.25) is 9.69 Å². The Labute approximate surface area is 199 Å². The van der Waals surface area contributed by atoms with Gasteiger partial charge in [0.1, 0.15) is 0 Å². The van der Waals surface area contributed by atoms with E-state index in [0.29, 0.717) is 19.1 Å². The average Bonchev–Trinajstić information content (AvgIpc) is 3.54. The van der Waals surface area contributed by atoms with Crippen LogP contribution in [0.1, 0.15) is 59.8 Å². The summed E-state index contributed by atoms with van der Waals surface area (Å²) in [5.41, 5.74) is 5.25. The third kappa shape index (κ3) is 4.80. The van der Waals surface area contributed by atoms with Crippen LogP contribution in [0.3, 0.4) is 0 Å². The lowest BCUT2D eigenvalue weighted by Gasteiger charge is -2.23. The molecule has 0 aliphatic heterocycles. The number of rotatable bonds is 8. The van der Waals surface area contributed by atoms with Crippen molar-refractivity contribution in [2.45, 2.75) is 65.1 Å². The second kappa shape index (κ2) is 9.89. The van der Waals surface area contributed by atoms with Gasteiger partial charge in [0.15, 0.2) is 5.82 Å². The van der Waals surface area contributed by atoms with Crippen molar-refractivity contribution >= 4 is 10.9 Å². The van der Waals surface area contributed by atoms with E-state index in [1.807, 2.05) is 16.8 Å². The number of nitrogens with one attached hydrogen (secondary N) is 1. The molecule has 0 spiro atoms. The minimum absolute atomic E-state index is 0.0266. The number of hydrogen-bond donors (Lipinski definition) is 1. The van der Waals surface area contributed by atoms with Gasteiger partial charge in [0, 0.05) is 18.7 Å². The van der Waals surface area contributed by atoms with Crippen LogP contribution < -0.4 is 5.56 Å². The zero-order chi connectivity index (χ0) is 23.5. The molecule has 4 aromatic rings. The van der Waals surface area contributed by atoms with Gasteiger partial charge in [-0.05, 0) is 71.7 Å². The van der Waals surface area contributed by atoms with Crippen LogP contribution in [0.2, 0.25) is 0 Å². The fourth-order valence-electron chi connectivity index (χ4n) is 5.02. The Bertz CT molecular complexity index is 1320. The molecule has 7 heteroatoms. The van der Waals surface area contributed by atoms with E-state index in [9.17, 15) is 4.79 Å². The predicted octanol–water partition coefficient (Wildman–Crippen LogP) is 4.49. The number of benzene rings is 2. The molecular formula is C27H32N6O. The number of aromatic amines is 1. The van der Waals surface area contributed by atoms with E-state index in [0.717, 1.165) is 53.7 Å². The molecule has 0 amide bonds. The lowest BCUT2D eigenvalue weighted by atomic mass is 10.0. The molecular weight excluding hydrogens is 424 g/mol. The molecule has 5 rings (SSSR count). The van der Waals surface area contributed by atoms with Gasteiger partial charge in [-0.1, -0.05) is 55.3 Å². The quantitative estimate of drug-likeness (QED) is 0.423. The third-order valence-corrected chi connectivity index (χ3v) is 7.18. The largest absolute Gasteiger partial charge is 0.321 e. The van der Waals surface area contributed by atoms with Crippen LogP contribution >= 0.6 is 0 Å². The van der Waals surface area contributed by atoms with Crippen molar-refractivity contribution in [3.8, 4) is 0 Å². The van der Waals surface area contributed by atoms with E-state index in [4.69, 9.17) is 0 Å². The smallest absolute Gasteiger partial charge is 0.252 e. The first-order valence-electron chi connectivity index (χ1n) is 12.2. The van der Waals surface area contributed by atoms with E-state index < -0.39 is 0 Å². The van der Waals surface area contributed by atoms with E-state index >= 15 is 0 Å². The Hall–Kier alpha value is -3.32. The number of aryl methyl sites for hydroxylation is 2. The topological polar surface area (TPSA) is 79.7 Å². The van der Waals surface area contributed by atoms with Gasteiger partial charge in [-0.2, -0.15) is 0 Å². The molecule has 34 heavy (non-hydrogen) atoms. The fourth-order valence-corrected chi connectivity index (χ4v) is 5.02. The van der Waals surface area contributed by atoms with Gasteiger partial charge in [-0.25, -0.2) is 4.68 Å². The standard InChI is InChI=1S/C27H32N6O/c1-19-12-13-22-16-23(27(34)28-26(22)20(19)2)17-32(15-14-21-8-4-3-5-9-21)18-25-29-30-31-33(25)24-10-6-7-11-24/h3-5,8-9,12-13,16,24H,6-7,10-11,14-15,17-18H2,1-2H3,(H,28,34). The molecule has 0 atom stereocenters. The zero-order valence-electron chi connectivity index (χ0n) is 20.0. The highest BCUT2D eigenvalue weighted by Crippen LogP contribution is 2.29. The SMILES string of the molecule is Cc1ccc2cc(CN(CCc3ccccc3)Cc3nnnn3C3CCCC3)c(=O)[nH]c2c1C. The van der Waals surface area contributed by atoms with Crippen molar-refractivity contribution in [2.75, 3.05) is 6.54 Å². The average molecular weight is 457 g/mol. The van der Waals surface area contributed by atoms with Crippen molar-refractivity contribution < 1.29 is 0 Å². The Morgan fingerprint density at radius 3 is 2.65 bits per heavy atom. The van der Waals surface area contributed by atoms with E-state index in [-0.39, 0.29) is 5.56 Å². The zero-order valence-corrected chi connectivity index (χ0v) is 20.0. The van der Waals surface area contributed by atoms with Crippen LogP contribution in [0, 0.1) is 13.8 Å². The lowest BCUT2D eigenvalue weighted by molar-refractivity contribution is 0.243. The van der Waals surface area contributed by atoms with Gasteiger partial charge < -0.3 is 4.98 Å². The van der Waals surface area contributed by atoms with Crippen molar-refractivity contribution in [1.29, 1.82) is 0 Å². The number of tetrazole rings is 1. The molecule has 2 aromatic carbocycles. The Balaban J connectivity index is 1.42. The van der Waals surface area contributed by atoms with Gasteiger partial charge in [0.25, 0.3) is 5.56 Å². The van der Waals surface area contributed by atoms with Crippen LogP contribution in [0.25, 0.3) is 10.9 Å². The normalized spacial score (nSPS) is 14.4. The first-order valence-corrected chi connectivity index (χ1v) is 12.2. The Morgan fingerprint density at radius 1 is 1.06 bits per heavy atom. The number of H-pyrrole nitrogens is 1. The summed E-state index contributed by atoms with van der Waals surface area (Å²) in [5, 5.41) is 13.7. The molecule has 1 saturated carbocycles. The van der Waals surface area contributed by atoms with Crippen LogP contribution in [-0.4, -0.2) is 36.6 Å². The Kier molecular flexibility index (Phi) is 6.54. The predicted molar refractivity (Wildman–Crippen MR) is 134 cm³/mol. The monoisotopic (exact) mass is 456 g/mol. The third-order valence-electron chi connectivity index (χ3n) is 7.18. The molecule has 2 aromatic heterocycles. The van der Waals surface area contributed by atoms with Crippen molar-refractivity contribution in [1.82, 2.24) is 30.1 Å². The summed E-state index contributed by atoms with van der Waals surface area (Å²) in [6.07, 6.45) is 5.62. The summed E-state index contributed by atoms with van der Waals surface area (Å²) in [7, 11) is 0. The molecule has 7 nitrogen and oxygen atoms in total. The first kappa shape index (κ1) is 22.5. The number of pyridine rings is 1. The Morgan fingerprint density at radius 2 is 1.85 bits per heavy atom. The van der Waals surface area contributed by atoms with Crippen LogP contribution in [0.5, 0.6) is 0 Å². The molecule has 0 unspecified atom stereocenters. The highest BCUT2D eigenvalue weighted by molar-refractivity contribution is 5.83. The van der Waals surface area contributed by atoms with E-state index in [1.165, 1.54) is 24.0 Å². The summed E-state index contributed by atoms with van der Waals surface area (Å²) in [4.78, 5) is 18.5. The maximum atomic E-state index is 13.1. The van der Waals surface area contributed by atoms with E-state index in [1.54, 1.807) is 0 Å².